The highest BCUT2D eigenvalue weighted by molar-refractivity contribution is 5.13. The monoisotopic (exact) mass is 190 g/mol. The second-order valence-corrected chi connectivity index (χ2v) is 3.47. The van der Waals surface area contributed by atoms with Crippen molar-refractivity contribution in [2.24, 2.45) is 0 Å². The maximum Gasteiger partial charge on any atom is 0.0720 e. The third-order valence-corrected chi connectivity index (χ3v) is 2.15. The van der Waals surface area contributed by atoms with Crippen LogP contribution in [0.25, 0.3) is 0 Å². The highest BCUT2D eigenvalue weighted by Crippen LogP contribution is 2.07. The molecule has 1 unspecified atom stereocenters. The molecule has 1 aromatic carbocycles. The van der Waals surface area contributed by atoms with Crippen LogP contribution in [0.3, 0.4) is 0 Å². The molecule has 1 aromatic rings. The highest BCUT2D eigenvalue weighted by atomic mass is 16.5. The van der Waals surface area contributed by atoms with Gasteiger partial charge in [0.25, 0.3) is 0 Å². The number of rotatable bonds is 6. The average molecular weight is 190 g/mol. The van der Waals surface area contributed by atoms with Gasteiger partial charge in [-0.2, -0.15) is 0 Å². The molecule has 0 bridgehead atoms. The summed E-state index contributed by atoms with van der Waals surface area (Å²) < 4.78 is 5.68. The van der Waals surface area contributed by atoms with E-state index >= 15 is 0 Å². The molecule has 0 aliphatic rings. The van der Waals surface area contributed by atoms with Gasteiger partial charge in [0.15, 0.2) is 0 Å². The van der Waals surface area contributed by atoms with Gasteiger partial charge in [-0.15, -0.1) is 6.58 Å². The van der Waals surface area contributed by atoms with Crippen molar-refractivity contribution >= 4 is 0 Å². The van der Waals surface area contributed by atoms with Crippen LogP contribution in [0.5, 0.6) is 0 Å². The van der Waals surface area contributed by atoms with Gasteiger partial charge in [-0.05, 0) is 25.3 Å². The van der Waals surface area contributed by atoms with Crippen molar-refractivity contribution in [1.29, 1.82) is 0 Å². The maximum atomic E-state index is 5.68. The molecule has 0 aromatic heterocycles. The standard InChI is InChI=1S/C13H18O/c1-3-4-8-12(2)14-11-13-9-6-5-7-10-13/h3,5-7,9-10,12H,1,4,8,11H2,2H3. The quantitative estimate of drug-likeness (QED) is 0.623. The van der Waals surface area contributed by atoms with Gasteiger partial charge in [0.1, 0.15) is 0 Å². The van der Waals surface area contributed by atoms with E-state index < -0.39 is 0 Å². The summed E-state index contributed by atoms with van der Waals surface area (Å²) in [5.74, 6) is 0. The van der Waals surface area contributed by atoms with Crippen molar-refractivity contribution < 1.29 is 4.74 Å². The lowest BCUT2D eigenvalue weighted by molar-refractivity contribution is 0.0483. The zero-order chi connectivity index (χ0) is 10.2. The lowest BCUT2D eigenvalue weighted by atomic mass is 10.2. The second kappa shape index (κ2) is 6.39. The Hall–Kier alpha value is -1.08. The largest absolute Gasteiger partial charge is 0.374 e. The minimum absolute atomic E-state index is 0.313. The second-order valence-electron chi connectivity index (χ2n) is 3.47. The Morgan fingerprint density at radius 1 is 1.36 bits per heavy atom. The van der Waals surface area contributed by atoms with Crippen molar-refractivity contribution in [1.82, 2.24) is 0 Å². The number of ether oxygens (including phenoxy) is 1. The van der Waals surface area contributed by atoms with E-state index in [0.717, 1.165) is 12.8 Å². The Morgan fingerprint density at radius 3 is 2.71 bits per heavy atom. The first-order valence-corrected chi connectivity index (χ1v) is 5.09. The van der Waals surface area contributed by atoms with E-state index in [2.05, 4.69) is 25.6 Å². The van der Waals surface area contributed by atoms with Crippen LogP contribution >= 0.6 is 0 Å². The van der Waals surface area contributed by atoms with Crippen molar-refractivity contribution in [3.8, 4) is 0 Å². The Bertz CT molecular complexity index is 253. The van der Waals surface area contributed by atoms with Crippen LogP contribution in [0.4, 0.5) is 0 Å². The number of hydrogen-bond donors (Lipinski definition) is 0. The van der Waals surface area contributed by atoms with Crippen LogP contribution < -0.4 is 0 Å². The summed E-state index contributed by atoms with van der Waals surface area (Å²) in [7, 11) is 0. The summed E-state index contributed by atoms with van der Waals surface area (Å²) in [6.45, 7) is 6.51. The number of allylic oxidation sites excluding steroid dienone is 1. The molecule has 76 valence electrons. The first-order chi connectivity index (χ1) is 6.83. The molecular weight excluding hydrogens is 172 g/mol. The van der Waals surface area contributed by atoms with E-state index in [1.165, 1.54) is 5.56 Å². The lowest BCUT2D eigenvalue weighted by Gasteiger charge is -2.11. The van der Waals surface area contributed by atoms with Gasteiger partial charge in [-0.1, -0.05) is 36.4 Å². The molecule has 1 rings (SSSR count). The molecule has 0 saturated heterocycles. The molecule has 0 aliphatic heterocycles. The van der Waals surface area contributed by atoms with Gasteiger partial charge in [-0.25, -0.2) is 0 Å². The molecule has 1 atom stereocenters. The Balaban J connectivity index is 2.23. The van der Waals surface area contributed by atoms with E-state index in [-0.39, 0.29) is 0 Å². The van der Waals surface area contributed by atoms with Crippen LogP contribution in [0.1, 0.15) is 25.3 Å². The van der Waals surface area contributed by atoms with Crippen LogP contribution in [0.2, 0.25) is 0 Å². The molecule has 0 amide bonds. The normalized spacial score (nSPS) is 12.4. The topological polar surface area (TPSA) is 9.23 Å². The Morgan fingerprint density at radius 2 is 2.07 bits per heavy atom. The molecule has 1 heteroatoms. The van der Waals surface area contributed by atoms with E-state index in [1.54, 1.807) is 0 Å². The molecule has 0 radical (unpaired) electrons. The molecule has 1 nitrogen and oxygen atoms in total. The third-order valence-electron chi connectivity index (χ3n) is 2.15. The number of hydrogen-bond acceptors (Lipinski definition) is 1. The van der Waals surface area contributed by atoms with Gasteiger partial charge in [0, 0.05) is 0 Å². The van der Waals surface area contributed by atoms with Crippen molar-refractivity contribution in [2.75, 3.05) is 0 Å². The highest BCUT2D eigenvalue weighted by Gasteiger charge is 2.00. The summed E-state index contributed by atoms with van der Waals surface area (Å²) >= 11 is 0. The lowest BCUT2D eigenvalue weighted by Crippen LogP contribution is -2.07. The fourth-order valence-electron chi connectivity index (χ4n) is 1.25. The van der Waals surface area contributed by atoms with E-state index in [0.29, 0.717) is 12.7 Å². The Kier molecular flexibility index (Phi) is 5.02. The van der Waals surface area contributed by atoms with Crippen LogP contribution in [-0.4, -0.2) is 6.10 Å². The fraction of sp³-hybridized carbons (Fsp3) is 0.385. The van der Waals surface area contributed by atoms with Crippen molar-refractivity contribution in [2.45, 2.75) is 32.5 Å². The summed E-state index contributed by atoms with van der Waals surface area (Å²) in [5.41, 5.74) is 1.23. The smallest absolute Gasteiger partial charge is 0.0720 e. The molecule has 14 heavy (non-hydrogen) atoms. The predicted molar refractivity (Wildman–Crippen MR) is 60.1 cm³/mol. The third kappa shape index (κ3) is 4.24. The molecule has 0 aliphatic carbocycles. The van der Waals surface area contributed by atoms with Crippen LogP contribution in [-0.2, 0) is 11.3 Å². The van der Waals surface area contributed by atoms with Crippen LogP contribution in [0, 0.1) is 0 Å². The summed E-state index contributed by atoms with van der Waals surface area (Å²) in [6.07, 6.45) is 4.32. The first-order valence-electron chi connectivity index (χ1n) is 5.09. The summed E-state index contributed by atoms with van der Waals surface area (Å²) in [4.78, 5) is 0. The van der Waals surface area contributed by atoms with Gasteiger partial charge < -0.3 is 4.74 Å². The zero-order valence-electron chi connectivity index (χ0n) is 8.78. The maximum absolute atomic E-state index is 5.68. The molecule has 0 heterocycles. The molecule has 0 fully saturated rings. The van der Waals surface area contributed by atoms with E-state index in [4.69, 9.17) is 4.74 Å². The summed E-state index contributed by atoms with van der Waals surface area (Å²) in [6, 6.07) is 10.3. The van der Waals surface area contributed by atoms with E-state index in [9.17, 15) is 0 Å². The van der Waals surface area contributed by atoms with Gasteiger partial charge in [0.05, 0.1) is 12.7 Å². The summed E-state index contributed by atoms with van der Waals surface area (Å²) in [5, 5.41) is 0. The molecule has 0 spiro atoms. The first kappa shape index (κ1) is 11.0. The van der Waals surface area contributed by atoms with Crippen molar-refractivity contribution in [3.05, 3.63) is 48.6 Å². The number of benzene rings is 1. The molecule has 0 saturated carbocycles. The molecule has 0 N–H and O–H groups in total. The minimum atomic E-state index is 0.313. The zero-order valence-corrected chi connectivity index (χ0v) is 8.78. The fourth-order valence-corrected chi connectivity index (χ4v) is 1.25. The van der Waals surface area contributed by atoms with Gasteiger partial charge in [-0.3, -0.25) is 0 Å². The van der Waals surface area contributed by atoms with Gasteiger partial charge in [0.2, 0.25) is 0 Å². The molecular formula is C13H18O. The van der Waals surface area contributed by atoms with E-state index in [1.807, 2.05) is 24.3 Å². The van der Waals surface area contributed by atoms with Gasteiger partial charge >= 0.3 is 0 Å². The Labute approximate surface area is 86.4 Å². The minimum Gasteiger partial charge on any atom is -0.374 e. The SMILES string of the molecule is C=CCCC(C)OCc1ccccc1. The van der Waals surface area contributed by atoms with Crippen LogP contribution in [0.15, 0.2) is 43.0 Å². The average Bonchev–Trinajstić information content (AvgIpc) is 2.25. The predicted octanol–water partition coefficient (Wildman–Crippen LogP) is 3.56. The van der Waals surface area contributed by atoms with Crippen molar-refractivity contribution in [3.63, 3.8) is 0 Å².